The van der Waals surface area contributed by atoms with Gasteiger partial charge in [-0.25, -0.2) is 0 Å². The SMILES string of the molecule is CC[C@H](C)NC(=O)[C@H]1COC2(CCN(C(=O)c3ccc(OC)cc3)CC2)N1C(=O)c1ccccc1. The minimum absolute atomic E-state index is 0.00306. The zero-order valence-corrected chi connectivity index (χ0v) is 20.5. The Morgan fingerprint density at radius 1 is 1.03 bits per heavy atom. The van der Waals surface area contributed by atoms with Gasteiger partial charge in [-0.15, -0.1) is 0 Å². The van der Waals surface area contributed by atoms with Crippen LogP contribution in [0.15, 0.2) is 54.6 Å². The number of nitrogens with one attached hydrogen (secondary N) is 1. The molecule has 8 heteroatoms. The summed E-state index contributed by atoms with van der Waals surface area (Å²) in [6.07, 6.45) is 1.65. The number of likely N-dealkylation sites (tertiary alicyclic amines) is 1. The molecule has 0 aliphatic carbocycles. The van der Waals surface area contributed by atoms with E-state index in [0.717, 1.165) is 6.42 Å². The van der Waals surface area contributed by atoms with Crippen molar-refractivity contribution in [1.29, 1.82) is 0 Å². The van der Waals surface area contributed by atoms with Gasteiger partial charge < -0.3 is 19.7 Å². The van der Waals surface area contributed by atoms with Gasteiger partial charge in [0.1, 0.15) is 17.5 Å². The number of hydrogen-bond donors (Lipinski definition) is 1. The Morgan fingerprint density at radius 3 is 2.26 bits per heavy atom. The van der Waals surface area contributed by atoms with E-state index in [1.54, 1.807) is 65.4 Å². The summed E-state index contributed by atoms with van der Waals surface area (Å²) < 4.78 is 11.4. The van der Waals surface area contributed by atoms with E-state index in [1.807, 2.05) is 19.9 Å². The zero-order valence-electron chi connectivity index (χ0n) is 20.5. The number of carbonyl (C=O) groups excluding carboxylic acids is 3. The van der Waals surface area contributed by atoms with Crippen LogP contribution in [0.25, 0.3) is 0 Å². The Bertz CT molecular complexity index is 1050. The van der Waals surface area contributed by atoms with Crippen molar-refractivity contribution in [2.75, 3.05) is 26.8 Å². The van der Waals surface area contributed by atoms with Crippen LogP contribution in [0.3, 0.4) is 0 Å². The van der Waals surface area contributed by atoms with Gasteiger partial charge in [-0.3, -0.25) is 19.3 Å². The minimum Gasteiger partial charge on any atom is -0.497 e. The molecule has 2 aliphatic heterocycles. The number of nitrogens with zero attached hydrogens (tertiary/aromatic N) is 2. The summed E-state index contributed by atoms with van der Waals surface area (Å²) in [6, 6.07) is 15.3. The second-order valence-electron chi connectivity index (χ2n) is 9.15. The molecule has 2 aliphatic rings. The normalized spacial score (nSPS) is 19.9. The van der Waals surface area contributed by atoms with E-state index in [1.165, 1.54) is 0 Å². The van der Waals surface area contributed by atoms with Crippen LogP contribution in [0.1, 0.15) is 53.8 Å². The second-order valence-corrected chi connectivity index (χ2v) is 9.15. The van der Waals surface area contributed by atoms with Gasteiger partial charge in [0.2, 0.25) is 5.91 Å². The molecule has 0 saturated carbocycles. The third-order valence-corrected chi connectivity index (χ3v) is 6.97. The summed E-state index contributed by atoms with van der Waals surface area (Å²) in [5.74, 6) is 0.169. The topological polar surface area (TPSA) is 88.2 Å². The number of carbonyl (C=O) groups is 3. The van der Waals surface area contributed by atoms with Crippen LogP contribution in [0, 0.1) is 0 Å². The molecule has 2 heterocycles. The lowest BCUT2D eigenvalue weighted by molar-refractivity contribution is -0.128. The van der Waals surface area contributed by atoms with Crippen LogP contribution < -0.4 is 10.1 Å². The van der Waals surface area contributed by atoms with Crippen LogP contribution in [-0.4, -0.2) is 72.1 Å². The Labute approximate surface area is 206 Å². The Balaban J connectivity index is 1.54. The molecule has 4 rings (SSSR count). The van der Waals surface area contributed by atoms with Crippen LogP contribution in [0.5, 0.6) is 5.75 Å². The van der Waals surface area contributed by atoms with Gasteiger partial charge in [-0.1, -0.05) is 25.1 Å². The molecule has 2 aromatic carbocycles. The van der Waals surface area contributed by atoms with Crippen molar-refractivity contribution in [2.45, 2.75) is 50.9 Å². The summed E-state index contributed by atoms with van der Waals surface area (Å²) in [7, 11) is 1.58. The molecule has 8 nitrogen and oxygen atoms in total. The number of amides is 3. The molecule has 2 aromatic rings. The molecule has 0 unspecified atom stereocenters. The highest BCUT2D eigenvalue weighted by molar-refractivity contribution is 5.98. The lowest BCUT2D eigenvalue weighted by atomic mass is 9.96. The molecular formula is C27H33N3O5. The Morgan fingerprint density at radius 2 is 1.66 bits per heavy atom. The lowest BCUT2D eigenvalue weighted by Crippen LogP contribution is -2.60. The first-order valence-electron chi connectivity index (χ1n) is 12.1. The maximum absolute atomic E-state index is 13.7. The minimum atomic E-state index is -0.929. The molecule has 35 heavy (non-hydrogen) atoms. The molecule has 0 radical (unpaired) electrons. The monoisotopic (exact) mass is 479 g/mol. The van der Waals surface area contributed by atoms with Crippen molar-refractivity contribution < 1.29 is 23.9 Å². The highest BCUT2D eigenvalue weighted by Gasteiger charge is 2.54. The maximum Gasteiger partial charge on any atom is 0.256 e. The van der Waals surface area contributed by atoms with Gasteiger partial charge in [0.25, 0.3) is 11.8 Å². The fourth-order valence-electron chi connectivity index (χ4n) is 4.70. The van der Waals surface area contributed by atoms with Gasteiger partial charge >= 0.3 is 0 Å². The molecule has 2 saturated heterocycles. The van der Waals surface area contributed by atoms with Gasteiger partial charge in [-0.2, -0.15) is 0 Å². The smallest absolute Gasteiger partial charge is 0.256 e. The quantitative estimate of drug-likeness (QED) is 0.688. The van der Waals surface area contributed by atoms with Crippen LogP contribution in [0.4, 0.5) is 0 Å². The average Bonchev–Trinajstić information content (AvgIpc) is 3.27. The van der Waals surface area contributed by atoms with Gasteiger partial charge in [0.15, 0.2) is 0 Å². The first-order valence-corrected chi connectivity index (χ1v) is 12.1. The molecular weight excluding hydrogens is 446 g/mol. The maximum atomic E-state index is 13.7. The molecule has 3 amide bonds. The molecule has 0 aromatic heterocycles. The molecule has 186 valence electrons. The zero-order chi connectivity index (χ0) is 25.0. The summed E-state index contributed by atoms with van der Waals surface area (Å²) >= 11 is 0. The average molecular weight is 480 g/mol. The predicted molar refractivity (Wildman–Crippen MR) is 131 cm³/mol. The van der Waals surface area contributed by atoms with Crippen LogP contribution in [-0.2, 0) is 9.53 Å². The van der Waals surface area contributed by atoms with E-state index in [2.05, 4.69) is 5.32 Å². The fourth-order valence-corrected chi connectivity index (χ4v) is 4.70. The molecule has 2 fully saturated rings. The largest absolute Gasteiger partial charge is 0.497 e. The number of ether oxygens (including phenoxy) is 2. The van der Waals surface area contributed by atoms with Crippen molar-refractivity contribution in [3.63, 3.8) is 0 Å². The van der Waals surface area contributed by atoms with E-state index in [0.29, 0.717) is 42.8 Å². The highest BCUT2D eigenvalue weighted by Crippen LogP contribution is 2.39. The van der Waals surface area contributed by atoms with Gasteiger partial charge in [-0.05, 0) is 49.7 Å². The number of piperidine rings is 1. The number of methoxy groups -OCH3 is 1. The number of rotatable bonds is 6. The van der Waals surface area contributed by atoms with Gasteiger partial charge in [0, 0.05) is 43.1 Å². The second kappa shape index (κ2) is 10.5. The number of hydrogen-bond acceptors (Lipinski definition) is 5. The van der Waals surface area contributed by atoms with Crippen molar-refractivity contribution in [3.05, 3.63) is 65.7 Å². The first kappa shape index (κ1) is 24.7. The fraction of sp³-hybridized carbons (Fsp3) is 0.444. The van der Waals surface area contributed by atoms with E-state index in [-0.39, 0.29) is 30.4 Å². The van der Waals surface area contributed by atoms with E-state index < -0.39 is 11.8 Å². The Hall–Kier alpha value is -3.39. The molecule has 2 atom stereocenters. The summed E-state index contributed by atoms with van der Waals surface area (Å²) in [5, 5.41) is 3.00. The molecule has 1 spiro atoms. The Kier molecular flexibility index (Phi) is 7.40. The van der Waals surface area contributed by atoms with Crippen molar-refractivity contribution in [2.24, 2.45) is 0 Å². The summed E-state index contributed by atoms with van der Waals surface area (Å²) in [4.78, 5) is 43.3. The van der Waals surface area contributed by atoms with Crippen molar-refractivity contribution in [3.8, 4) is 5.75 Å². The first-order chi connectivity index (χ1) is 16.9. The van der Waals surface area contributed by atoms with E-state index in [9.17, 15) is 14.4 Å². The van der Waals surface area contributed by atoms with E-state index in [4.69, 9.17) is 9.47 Å². The molecule has 0 bridgehead atoms. The summed E-state index contributed by atoms with van der Waals surface area (Å²) in [5.41, 5.74) is 0.161. The summed E-state index contributed by atoms with van der Waals surface area (Å²) in [6.45, 7) is 4.91. The van der Waals surface area contributed by atoms with Gasteiger partial charge in [0.05, 0.1) is 13.7 Å². The third-order valence-electron chi connectivity index (χ3n) is 6.97. The van der Waals surface area contributed by atoms with Crippen molar-refractivity contribution >= 4 is 17.7 Å². The highest BCUT2D eigenvalue weighted by atomic mass is 16.5. The lowest BCUT2D eigenvalue weighted by Gasteiger charge is -2.44. The number of benzene rings is 2. The predicted octanol–water partition coefficient (Wildman–Crippen LogP) is 3.08. The standard InChI is InChI=1S/C27H33N3O5/c1-4-19(2)28-24(31)23-18-35-27(30(23)26(33)20-8-6-5-7-9-20)14-16-29(17-15-27)25(32)21-10-12-22(34-3)13-11-21/h5-13,19,23H,4,14-18H2,1-3H3,(H,28,31)/t19-,23+/m0/s1. The van der Waals surface area contributed by atoms with Crippen molar-refractivity contribution in [1.82, 2.24) is 15.1 Å². The van der Waals surface area contributed by atoms with E-state index >= 15 is 0 Å². The third kappa shape index (κ3) is 5.03. The molecule has 1 N–H and O–H groups in total. The van der Waals surface area contributed by atoms with Crippen LogP contribution in [0.2, 0.25) is 0 Å². The van der Waals surface area contributed by atoms with Crippen LogP contribution >= 0.6 is 0 Å².